The maximum atomic E-state index is 11.4. The summed E-state index contributed by atoms with van der Waals surface area (Å²) in [6.07, 6.45) is 14.0. The summed E-state index contributed by atoms with van der Waals surface area (Å²) < 4.78 is 32.2. The van der Waals surface area contributed by atoms with E-state index in [1.807, 2.05) is 6.07 Å². The standard InChI is InChI=1S/C19H32N2O3S/c1-2-3-4-5-6-7-8-9-10-11-15-18-20-16-13-12-14-17(19(16)21-18)25(22,23)24/h12-14,18,20-21H,2-11,15H2,1H3,(H,22,23,24). The molecule has 1 heterocycles. The highest BCUT2D eigenvalue weighted by atomic mass is 32.2. The second-order valence-corrected chi connectivity index (χ2v) is 8.36. The number of rotatable bonds is 12. The summed E-state index contributed by atoms with van der Waals surface area (Å²) in [7, 11) is -4.20. The second kappa shape index (κ2) is 10.0. The van der Waals surface area contributed by atoms with Crippen molar-refractivity contribution in [1.29, 1.82) is 0 Å². The molecule has 2 rings (SSSR count). The van der Waals surface area contributed by atoms with Crippen molar-refractivity contribution >= 4 is 21.5 Å². The first kappa shape index (κ1) is 20.0. The number of anilines is 2. The van der Waals surface area contributed by atoms with Gasteiger partial charge in [0.1, 0.15) is 4.90 Å². The monoisotopic (exact) mass is 368 g/mol. The van der Waals surface area contributed by atoms with Crippen molar-refractivity contribution in [1.82, 2.24) is 0 Å². The van der Waals surface area contributed by atoms with Gasteiger partial charge in [0.05, 0.1) is 17.5 Å². The maximum Gasteiger partial charge on any atom is 0.296 e. The number of hydrogen-bond acceptors (Lipinski definition) is 4. The van der Waals surface area contributed by atoms with Gasteiger partial charge >= 0.3 is 0 Å². The van der Waals surface area contributed by atoms with Gasteiger partial charge in [-0.3, -0.25) is 4.55 Å². The Morgan fingerprint density at radius 1 is 0.920 bits per heavy atom. The topological polar surface area (TPSA) is 78.4 Å². The van der Waals surface area contributed by atoms with E-state index in [4.69, 9.17) is 0 Å². The lowest BCUT2D eigenvalue weighted by Crippen LogP contribution is -2.22. The van der Waals surface area contributed by atoms with Crippen LogP contribution in [0.25, 0.3) is 0 Å². The smallest absolute Gasteiger partial charge is 0.296 e. The summed E-state index contributed by atoms with van der Waals surface area (Å²) in [5.74, 6) is 0. The molecule has 1 aliphatic rings. The molecule has 6 heteroatoms. The van der Waals surface area contributed by atoms with Crippen LogP contribution in [0.4, 0.5) is 11.4 Å². The molecule has 0 fully saturated rings. The van der Waals surface area contributed by atoms with Gasteiger partial charge in [0.15, 0.2) is 0 Å². The molecule has 0 saturated carbocycles. The lowest BCUT2D eigenvalue weighted by Gasteiger charge is -2.12. The maximum absolute atomic E-state index is 11.4. The van der Waals surface area contributed by atoms with Crippen LogP contribution in [0, 0.1) is 0 Å². The van der Waals surface area contributed by atoms with E-state index in [1.54, 1.807) is 6.07 Å². The van der Waals surface area contributed by atoms with Crippen LogP contribution in [0.5, 0.6) is 0 Å². The molecular weight excluding hydrogens is 336 g/mol. The first-order valence-electron chi connectivity index (χ1n) is 9.66. The molecule has 1 aromatic rings. The van der Waals surface area contributed by atoms with Crippen molar-refractivity contribution in [3.05, 3.63) is 18.2 Å². The fourth-order valence-electron chi connectivity index (χ4n) is 3.39. The predicted molar refractivity (Wildman–Crippen MR) is 104 cm³/mol. The zero-order valence-electron chi connectivity index (χ0n) is 15.3. The average molecular weight is 369 g/mol. The van der Waals surface area contributed by atoms with Gasteiger partial charge in [0, 0.05) is 0 Å². The Hall–Kier alpha value is -1.27. The lowest BCUT2D eigenvalue weighted by atomic mass is 10.1. The van der Waals surface area contributed by atoms with Gasteiger partial charge in [-0.15, -0.1) is 0 Å². The molecule has 0 aromatic heterocycles. The third-order valence-electron chi connectivity index (χ3n) is 4.80. The van der Waals surface area contributed by atoms with Crippen LogP contribution in [0.15, 0.2) is 23.1 Å². The Kier molecular flexibility index (Phi) is 8.03. The van der Waals surface area contributed by atoms with Crippen LogP contribution in [0.3, 0.4) is 0 Å². The third-order valence-corrected chi connectivity index (χ3v) is 5.69. The quantitative estimate of drug-likeness (QED) is 0.340. The Bertz CT molecular complexity index is 632. The van der Waals surface area contributed by atoms with Gasteiger partial charge < -0.3 is 10.6 Å². The fraction of sp³-hybridized carbons (Fsp3) is 0.684. The van der Waals surface area contributed by atoms with Crippen LogP contribution < -0.4 is 10.6 Å². The van der Waals surface area contributed by atoms with Crippen LogP contribution in [-0.2, 0) is 10.1 Å². The van der Waals surface area contributed by atoms with Crippen LogP contribution in [0.2, 0.25) is 0 Å². The third kappa shape index (κ3) is 6.51. The summed E-state index contributed by atoms with van der Waals surface area (Å²) in [4.78, 5) is -0.0527. The first-order valence-corrected chi connectivity index (χ1v) is 11.1. The Labute approximate surface area is 152 Å². The van der Waals surface area contributed by atoms with Crippen LogP contribution in [-0.4, -0.2) is 19.1 Å². The van der Waals surface area contributed by atoms with Crippen molar-refractivity contribution in [3.63, 3.8) is 0 Å². The van der Waals surface area contributed by atoms with E-state index >= 15 is 0 Å². The van der Waals surface area contributed by atoms with E-state index in [2.05, 4.69) is 17.6 Å². The molecule has 25 heavy (non-hydrogen) atoms. The normalized spacial score (nSPS) is 16.3. The van der Waals surface area contributed by atoms with Gasteiger partial charge in [-0.25, -0.2) is 0 Å². The molecule has 0 spiro atoms. The minimum Gasteiger partial charge on any atom is -0.364 e. The molecule has 0 radical (unpaired) electrons. The van der Waals surface area contributed by atoms with Crippen molar-refractivity contribution < 1.29 is 13.0 Å². The predicted octanol–water partition coefficient (Wildman–Crippen LogP) is 5.41. The van der Waals surface area contributed by atoms with Gasteiger partial charge in [-0.2, -0.15) is 8.42 Å². The summed E-state index contributed by atoms with van der Waals surface area (Å²) in [5.41, 5.74) is 1.23. The second-order valence-electron chi connectivity index (χ2n) is 6.97. The zero-order valence-corrected chi connectivity index (χ0v) is 16.1. The molecule has 0 aliphatic carbocycles. The van der Waals surface area contributed by atoms with Crippen molar-refractivity contribution in [2.45, 2.75) is 88.6 Å². The largest absolute Gasteiger partial charge is 0.364 e. The molecule has 0 amide bonds. The highest BCUT2D eigenvalue weighted by Gasteiger charge is 2.26. The van der Waals surface area contributed by atoms with E-state index in [1.165, 1.54) is 63.9 Å². The molecule has 1 unspecified atom stereocenters. The molecular formula is C19H32N2O3S. The number of fused-ring (bicyclic) bond motifs is 1. The molecule has 1 aliphatic heterocycles. The van der Waals surface area contributed by atoms with Gasteiger partial charge in [0.2, 0.25) is 0 Å². The molecule has 3 N–H and O–H groups in total. The lowest BCUT2D eigenvalue weighted by molar-refractivity contribution is 0.483. The van der Waals surface area contributed by atoms with Gasteiger partial charge in [-0.05, 0) is 25.0 Å². The molecule has 0 saturated heterocycles. The van der Waals surface area contributed by atoms with Gasteiger partial charge in [-0.1, -0.05) is 70.8 Å². The minimum absolute atomic E-state index is 0.0342. The molecule has 5 nitrogen and oxygen atoms in total. The Morgan fingerprint density at radius 3 is 2.12 bits per heavy atom. The average Bonchev–Trinajstić information content (AvgIpc) is 2.98. The van der Waals surface area contributed by atoms with E-state index in [0.717, 1.165) is 18.5 Å². The molecule has 1 atom stereocenters. The minimum atomic E-state index is -4.20. The highest BCUT2D eigenvalue weighted by molar-refractivity contribution is 7.86. The molecule has 0 bridgehead atoms. The molecule has 1 aromatic carbocycles. The number of nitrogens with one attached hydrogen (secondary N) is 2. The summed E-state index contributed by atoms with van der Waals surface area (Å²) in [6.45, 7) is 2.25. The number of para-hydroxylation sites is 1. The number of benzene rings is 1. The van der Waals surface area contributed by atoms with Crippen LogP contribution >= 0.6 is 0 Å². The summed E-state index contributed by atoms with van der Waals surface area (Å²) in [6, 6.07) is 4.89. The fourth-order valence-corrected chi connectivity index (χ4v) is 4.07. The SMILES string of the molecule is CCCCCCCCCCCCC1Nc2cccc(S(=O)(=O)O)c2N1. The molecule has 142 valence electrons. The number of hydrogen-bond donors (Lipinski definition) is 3. The Balaban J connectivity index is 1.61. The van der Waals surface area contributed by atoms with Crippen molar-refractivity contribution in [2.75, 3.05) is 10.6 Å². The summed E-state index contributed by atoms with van der Waals surface area (Å²) >= 11 is 0. The number of unbranched alkanes of at least 4 members (excludes halogenated alkanes) is 9. The van der Waals surface area contributed by atoms with Gasteiger partial charge in [0.25, 0.3) is 10.1 Å². The van der Waals surface area contributed by atoms with E-state index in [0.29, 0.717) is 5.69 Å². The summed E-state index contributed by atoms with van der Waals surface area (Å²) in [5, 5.41) is 6.48. The van der Waals surface area contributed by atoms with E-state index < -0.39 is 10.1 Å². The first-order chi connectivity index (χ1) is 12.0. The zero-order chi connectivity index (χ0) is 18.1. The van der Waals surface area contributed by atoms with Crippen LogP contribution in [0.1, 0.15) is 77.6 Å². The van der Waals surface area contributed by atoms with E-state index in [9.17, 15) is 13.0 Å². The highest BCUT2D eigenvalue weighted by Crippen LogP contribution is 2.35. The van der Waals surface area contributed by atoms with Crippen molar-refractivity contribution in [2.24, 2.45) is 0 Å². The van der Waals surface area contributed by atoms with E-state index in [-0.39, 0.29) is 11.1 Å². The Morgan fingerprint density at radius 2 is 1.52 bits per heavy atom. The van der Waals surface area contributed by atoms with Crippen molar-refractivity contribution in [3.8, 4) is 0 Å².